The van der Waals surface area contributed by atoms with Crippen LogP contribution in [-0.2, 0) is 0 Å². The van der Waals surface area contributed by atoms with Crippen molar-refractivity contribution in [3.8, 4) is 23.8 Å². The van der Waals surface area contributed by atoms with Crippen LogP contribution >= 0.6 is 0 Å². The quantitative estimate of drug-likeness (QED) is 0.800. The summed E-state index contributed by atoms with van der Waals surface area (Å²) in [7, 11) is 2.92. The molecule has 0 radical (unpaired) electrons. The van der Waals surface area contributed by atoms with Crippen molar-refractivity contribution in [2.45, 2.75) is 0 Å². The van der Waals surface area contributed by atoms with Crippen LogP contribution in [0.2, 0.25) is 0 Å². The molecule has 2 aromatic rings. The second-order valence-electron chi connectivity index (χ2n) is 3.01. The van der Waals surface area contributed by atoms with Crippen molar-refractivity contribution in [3.05, 3.63) is 30.3 Å². The lowest BCUT2D eigenvalue weighted by Gasteiger charge is -2.05. The Morgan fingerprint density at radius 3 is 1.82 bits per heavy atom. The Kier molecular flexibility index (Phi) is 3.34. The molecule has 2 rings (SSSR count). The molecule has 6 nitrogen and oxygen atoms in total. The summed E-state index contributed by atoms with van der Waals surface area (Å²) in [5, 5.41) is 0. The molecular weight excluding hydrogens is 222 g/mol. The van der Waals surface area contributed by atoms with Gasteiger partial charge in [0, 0.05) is 0 Å². The molecule has 17 heavy (non-hydrogen) atoms. The summed E-state index contributed by atoms with van der Waals surface area (Å²) < 4.78 is 15.3. The Bertz CT molecular complexity index is 468. The predicted molar refractivity (Wildman–Crippen MR) is 59.4 cm³/mol. The fraction of sp³-hybridized carbons (Fsp3) is 0.182. The Balaban J connectivity index is 2.26. The molecule has 0 N–H and O–H groups in total. The zero-order valence-corrected chi connectivity index (χ0v) is 9.45. The Hall–Kier alpha value is -2.37. The lowest BCUT2D eigenvalue weighted by atomic mass is 10.3. The first kappa shape index (κ1) is 11.1. The second kappa shape index (κ2) is 5.11. The fourth-order valence-corrected chi connectivity index (χ4v) is 1.14. The van der Waals surface area contributed by atoms with E-state index in [1.807, 2.05) is 18.2 Å². The minimum atomic E-state index is 0.125. The highest BCUT2D eigenvalue weighted by atomic mass is 16.5. The zero-order valence-electron chi connectivity index (χ0n) is 9.45. The first-order valence-electron chi connectivity index (χ1n) is 4.89. The van der Waals surface area contributed by atoms with Crippen LogP contribution in [0.3, 0.4) is 0 Å². The largest absolute Gasteiger partial charge is 0.467 e. The molecule has 0 unspecified atom stereocenters. The van der Waals surface area contributed by atoms with Crippen LogP contribution in [0.15, 0.2) is 30.3 Å². The molecule has 0 atom stereocenters. The Morgan fingerprint density at radius 2 is 1.29 bits per heavy atom. The molecule has 1 aromatic carbocycles. The molecule has 0 bridgehead atoms. The number of benzene rings is 1. The molecule has 0 saturated carbocycles. The molecule has 0 aliphatic heterocycles. The van der Waals surface area contributed by atoms with Crippen LogP contribution in [0.4, 0.5) is 0 Å². The number of methoxy groups -OCH3 is 2. The summed E-state index contributed by atoms with van der Waals surface area (Å²) in [6.45, 7) is 0. The maximum atomic E-state index is 5.44. The molecule has 0 saturated heterocycles. The highest BCUT2D eigenvalue weighted by Crippen LogP contribution is 2.20. The maximum absolute atomic E-state index is 5.44. The van der Waals surface area contributed by atoms with Gasteiger partial charge in [-0.25, -0.2) is 0 Å². The summed E-state index contributed by atoms with van der Waals surface area (Å²) >= 11 is 0. The third kappa shape index (κ3) is 2.81. The van der Waals surface area contributed by atoms with E-state index in [1.54, 1.807) is 12.1 Å². The Morgan fingerprint density at radius 1 is 0.765 bits per heavy atom. The van der Waals surface area contributed by atoms with Gasteiger partial charge < -0.3 is 14.2 Å². The van der Waals surface area contributed by atoms with Gasteiger partial charge in [0.2, 0.25) is 0 Å². The van der Waals surface area contributed by atoms with Gasteiger partial charge in [0.15, 0.2) is 0 Å². The summed E-state index contributed by atoms with van der Waals surface area (Å²) in [5.74, 6) is 0.628. The number of hydrogen-bond acceptors (Lipinski definition) is 6. The highest BCUT2D eigenvalue weighted by Gasteiger charge is 2.08. The molecule has 0 amide bonds. The van der Waals surface area contributed by atoms with Gasteiger partial charge in [-0.2, -0.15) is 0 Å². The number of nitrogens with zero attached hydrogens (tertiary/aromatic N) is 3. The van der Waals surface area contributed by atoms with Crippen LogP contribution in [0.25, 0.3) is 0 Å². The zero-order chi connectivity index (χ0) is 12.1. The molecule has 1 heterocycles. The second-order valence-corrected chi connectivity index (χ2v) is 3.01. The number of hydrogen-bond donors (Lipinski definition) is 0. The summed E-state index contributed by atoms with van der Waals surface area (Å²) in [6.07, 6.45) is 0. The summed E-state index contributed by atoms with van der Waals surface area (Å²) in [6, 6.07) is 9.59. The van der Waals surface area contributed by atoms with Crippen molar-refractivity contribution in [1.29, 1.82) is 0 Å². The van der Waals surface area contributed by atoms with Gasteiger partial charge in [-0.05, 0) is 12.1 Å². The number of ether oxygens (including phenoxy) is 3. The molecule has 0 aliphatic carbocycles. The van der Waals surface area contributed by atoms with Crippen LogP contribution in [0.1, 0.15) is 0 Å². The topological polar surface area (TPSA) is 66.4 Å². The van der Waals surface area contributed by atoms with E-state index in [9.17, 15) is 0 Å². The summed E-state index contributed by atoms with van der Waals surface area (Å²) in [4.78, 5) is 11.8. The molecule has 0 aliphatic rings. The van der Waals surface area contributed by atoms with Crippen LogP contribution < -0.4 is 14.2 Å². The molecule has 1 aromatic heterocycles. The minimum absolute atomic E-state index is 0.125. The predicted octanol–water partition coefficient (Wildman–Crippen LogP) is 1.68. The third-order valence-electron chi connectivity index (χ3n) is 1.89. The van der Waals surface area contributed by atoms with E-state index in [4.69, 9.17) is 14.2 Å². The van der Waals surface area contributed by atoms with Crippen LogP contribution in [0.5, 0.6) is 23.8 Å². The van der Waals surface area contributed by atoms with E-state index in [-0.39, 0.29) is 18.0 Å². The van der Waals surface area contributed by atoms with Gasteiger partial charge in [0.05, 0.1) is 14.2 Å². The number of para-hydroxylation sites is 1. The molecule has 0 spiro atoms. The summed E-state index contributed by atoms with van der Waals surface area (Å²) in [5.41, 5.74) is 0. The SMILES string of the molecule is COc1nc(OC)nc(Oc2ccccc2)n1. The normalized spacial score (nSPS) is 9.76. The van der Waals surface area contributed by atoms with Gasteiger partial charge in [0.1, 0.15) is 5.75 Å². The van der Waals surface area contributed by atoms with Gasteiger partial charge in [-0.3, -0.25) is 0 Å². The average Bonchev–Trinajstić information content (AvgIpc) is 2.39. The third-order valence-corrected chi connectivity index (χ3v) is 1.89. The monoisotopic (exact) mass is 233 g/mol. The molecular formula is C11H11N3O3. The molecule has 88 valence electrons. The molecule has 6 heteroatoms. The number of rotatable bonds is 4. The van der Waals surface area contributed by atoms with E-state index in [0.29, 0.717) is 5.75 Å². The Labute approximate surface area is 98.2 Å². The van der Waals surface area contributed by atoms with Crippen molar-refractivity contribution in [2.24, 2.45) is 0 Å². The van der Waals surface area contributed by atoms with Gasteiger partial charge >= 0.3 is 18.0 Å². The lowest BCUT2D eigenvalue weighted by molar-refractivity contribution is 0.320. The van der Waals surface area contributed by atoms with E-state index < -0.39 is 0 Å². The van der Waals surface area contributed by atoms with Gasteiger partial charge in [-0.1, -0.05) is 18.2 Å². The smallest absolute Gasteiger partial charge is 0.331 e. The fourth-order valence-electron chi connectivity index (χ4n) is 1.14. The minimum Gasteiger partial charge on any atom is -0.467 e. The van der Waals surface area contributed by atoms with E-state index in [0.717, 1.165) is 0 Å². The molecule has 0 fully saturated rings. The average molecular weight is 233 g/mol. The van der Waals surface area contributed by atoms with Crippen molar-refractivity contribution in [3.63, 3.8) is 0 Å². The maximum Gasteiger partial charge on any atom is 0.331 e. The van der Waals surface area contributed by atoms with Gasteiger partial charge in [0.25, 0.3) is 0 Å². The van der Waals surface area contributed by atoms with Crippen LogP contribution in [0, 0.1) is 0 Å². The standard InChI is InChI=1S/C11H11N3O3/c1-15-9-12-10(16-2)14-11(13-9)17-8-6-4-3-5-7-8/h3-7H,1-2H3. The van der Waals surface area contributed by atoms with Crippen molar-refractivity contribution >= 4 is 0 Å². The lowest BCUT2D eigenvalue weighted by Crippen LogP contribution is -2.01. The van der Waals surface area contributed by atoms with Crippen molar-refractivity contribution < 1.29 is 14.2 Å². The van der Waals surface area contributed by atoms with E-state index in [2.05, 4.69) is 15.0 Å². The van der Waals surface area contributed by atoms with Crippen molar-refractivity contribution in [2.75, 3.05) is 14.2 Å². The van der Waals surface area contributed by atoms with Gasteiger partial charge in [-0.15, -0.1) is 15.0 Å². The number of aromatic nitrogens is 3. The first-order chi connectivity index (χ1) is 8.31. The highest BCUT2D eigenvalue weighted by molar-refractivity contribution is 5.24. The first-order valence-corrected chi connectivity index (χ1v) is 4.89. The van der Waals surface area contributed by atoms with E-state index >= 15 is 0 Å². The van der Waals surface area contributed by atoms with E-state index in [1.165, 1.54) is 14.2 Å². The van der Waals surface area contributed by atoms with Crippen LogP contribution in [-0.4, -0.2) is 29.2 Å². The van der Waals surface area contributed by atoms with Crippen molar-refractivity contribution in [1.82, 2.24) is 15.0 Å².